The number of hydrogen-bond acceptors (Lipinski definition) is 7. The predicted molar refractivity (Wildman–Crippen MR) is 214 cm³/mol. The topological polar surface area (TPSA) is 139 Å². The Morgan fingerprint density at radius 2 is 1.19 bits per heavy atom. The van der Waals surface area contributed by atoms with E-state index in [1.165, 1.54) is 5.56 Å². The van der Waals surface area contributed by atoms with Crippen molar-refractivity contribution in [3.63, 3.8) is 0 Å². The molecule has 0 saturated heterocycles. The first-order valence-electron chi connectivity index (χ1n) is 16.6. The van der Waals surface area contributed by atoms with E-state index in [1.54, 1.807) is 32.0 Å². The number of aryl methyl sites for hydroxylation is 5. The summed E-state index contributed by atoms with van der Waals surface area (Å²) >= 11 is -0.495. The van der Waals surface area contributed by atoms with Crippen LogP contribution in [0.5, 0.6) is 0 Å². The Kier molecular flexibility index (Phi) is 14.7. The van der Waals surface area contributed by atoms with Crippen molar-refractivity contribution in [3.05, 3.63) is 145 Å². The molecule has 0 atom stereocenters. The molecule has 0 aliphatic rings. The molecule has 4 aromatic carbocycles. The number of ether oxygens (including phenoxy) is 1. The van der Waals surface area contributed by atoms with E-state index in [2.05, 4.69) is 19.7 Å². The Hall–Kier alpha value is -5.36. The van der Waals surface area contributed by atoms with Gasteiger partial charge >= 0.3 is 276 Å². The summed E-state index contributed by atoms with van der Waals surface area (Å²) in [6.45, 7) is 26.2. The molecule has 0 aliphatic heterocycles. The van der Waals surface area contributed by atoms with Crippen LogP contribution in [0.3, 0.4) is 0 Å². The molecule has 2 aromatic heterocycles. The zero-order chi connectivity index (χ0) is 39.5. The fourth-order valence-corrected chi connectivity index (χ4v) is 8.86. The van der Waals surface area contributed by atoms with Crippen molar-refractivity contribution < 1.29 is 29.5 Å². The van der Waals surface area contributed by atoms with Gasteiger partial charge in [-0.3, -0.25) is 0 Å². The van der Waals surface area contributed by atoms with Gasteiger partial charge in [-0.1, -0.05) is 29.8 Å². The van der Waals surface area contributed by atoms with Crippen molar-refractivity contribution in [3.8, 4) is 31.4 Å². The van der Waals surface area contributed by atoms with E-state index in [9.17, 15) is 14.7 Å². The molecule has 0 unspecified atom stereocenters. The third-order valence-electron chi connectivity index (χ3n) is 7.93. The average molecular weight is 851 g/mol. The van der Waals surface area contributed by atoms with Crippen LogP contribution in [0.15, 0.2) is 84.9 Å². The van der Waals surface area contributed by atoms with Crippen molar-refractivity contribution in [1.29, 1.82) is 0 Å². The molecule has 10 nitrogen and oxygen atoms in total. The number of nitrogens with zero attached hydrogens (tertiary/aromatic N) is 4. The maximum atomic E-state index is 11.8. The van der Waals surface area contributed by atoms with E-state index in [-0.39, 0.29) is 35.0 Å². The number of esters is 1. The summed E-state index contributed by atoms with van der Waals surface area (Å²) in [5.74, 6) is -1.19. The number of aromatic nitrogens is 2. The number of carboxylic acid groups (broad SMARTS) is 1. The number of carbonyl (C=O) groups excluding carboxylic acids is 1. The van der Waals surface area contributed by atoms with Crippen LogP contribution < -0.4 is 5.46 Å². The second kappa shape index (κ2) is 19.1. The number of rotatable bonds is 7. The zero-order valence-electron chi connectivity index (χ0n) is 30.5. The van der Waals surface area contributed by atoms with Crippen LogP contribution in [0.25, 0.3) is 41.1 Å². The fraction of sp³-hybridized carbons (Fsp3) is 0.171. The molecule has 3 N–H and O–H groups in total. The zero-order valence-corrected chi connectivity index (χ0v) is 34.0. The van der Waals surface area contributed by atoms with Crippen molar-refractivity contribution in [2.45, 2.75) is 41.5 Å². The van der Waals surface area contributed by atoms with Crippen LogP contribution in [0.1, 0.15) is 53.5 Å². The first kappa shape index (κ1) is 41.4. The molecule has 0 saturated carbocycles. The van der Waals surface area contributed by atoms with Crippen molar-refractivity contribution in [2.24, 2.45) is 0 Å². The molecule has 54 heavy (non-hydrogen) atoms. The molecule has 0 amide bonds. The third kappa shape index (κ3) is 10.6. The van der Waals surface area contributed by atoms with Gasteiger partial charge in [0.15, 0.2) is 0 Å². The van der Waals surface area contributed by atoms with Gasteiger partial charge in [-0.05, 0) is 12.4 Å². The van der Waals surface area contributed by atoms with Gasteiger partial charge in [0, 0.05) is 0 Å². The summed E-state index contributed by atoms with van der Waals surface area (Å²) in [5.41, 5.74) is 9.85. The van der Waals surface area contributed by atoms with E-state index in [1.807, 2.05) is 94.4 Å². The monoisotopic (exact) mass is 852 g/mol. The fourth-order valence-electron chi connectivity index (χ4n) is 4.96. The number of carboxylic acids is 1. The minimum atomic E-state index is -1.35. The van der Waals surface area contributed by atoms with Gasteiger partial charge in [0.2, 0.25) is 0 Å². The molecule has 0 fully saturated rings. The van der Waals surface area contributed by atoms with E-state index in [4.69, 9.17) is 27.9 Å². The Bertz CT molecular complexity index is 2360. The van der Waals surface area contributed by atoms with Gasteiger partial charge in [-0.2, -0.15) is 0 Å². The first-order valence-corrected chi connectivity index (χ1v) is 20.0. The summed E-state index contributed by atoms with van der Waals surface area (Å²) in [4.78, 5) is 39.0. The summed E-state index contributed by atoms with van der Waals surface area (Å²) in [6, 6.07) is 26.5. The van der Waals surface area contributed by atoms with Crippen LogP contribution >= 0.6 is 0 Å². The number of hydrogen-bond donors (Lipinski definition) is 3. The second-order valence-electron chi connectivity index (χ2n) is 12.0. The molecular weight excluding hydrogens is 813 g/mol. The Morgan fingerprint density at radius 1 is 0.704 bits per heavy atom. The van der Waals surface area contributed by atoms with Crippen molar-refractivity contribution in [2.75, 3.05) is 6.61 Å². The molecule has 13 heteroatoms. The van der Waals surface area contributed by atoms with Crippen LogP contribution in [0.2, 0.25) is 0 Å². The Labute approximate surface area is 327 Å². The van der Waals surface area contributed by atoms with E-state index >= 15 is 0 Å². The summed E-state index contributed by atoms with van der Waals surface area (Å²) in [7, 11) is -1.35. The normalized spacial score (nSPS) is 10.1. The van der Waals surface area contributed by atoms with Crippen LogP contribution in [-0.4, -0.2) is 79.8 Å². The summed E-state index contributed by atoms with van der Waals surface area (Å²) in [5, 5.41) is 26.5. The maximum absolute atomic E-state index is 11.8. The second-order valence-corrected chi connectivity index (χ2v) is 16.2. The molecule has 0 spiro atoms. The van der Waals surface area contributed by atoms with Crippen LogP contribution in [0, 0.1) is 47.8 Å². The average Bonchev–Trinajstić information content (AvgIpc) is 3.75. The summed E-state index contributed by atoms with van der Waals surface area (Å²) in [6.07, 6.45) is 0. The quantitative estimate of drug-likeness (QED) is 0.0875. The Balaban J connectivity index is 0.000000195. The number of aromatic carboxylic acids is 1. The first-order chi connectivity index (χ1) is 25.8. The van der Waals surface area contributed by atoms with E-state index in [0.717, 1.165) is 48.2 Å². The van der Waals surface area contributed by atoms with Crippen LogP contribution in [-0.2, 0) is 4.74 Å². The standard InChI is InChI=1S/C19H14N2O2Se.C15H14N2O2Se.C7H9BO2/c1-11-4-6-13(7-5-11)15-9-8-14(10-16(15)20-3)18-21-12(2)17(24-18)19(22)23;1-5-19-15(18)13-10(3)17-14(20-13)11-7-6-9(2)12(8-11)16-4;1-6-2-4-7(5-3-6)8(9)10/h4-10H,1-2H3,(H,22,23);6-8H,5H2,1-3H3;2-5,9-10H,1H3. The van der Waals surface area contributed by atoms with Gasteiger partial charge in [0.05, 0.1) is 0 Å². The molecule has 2 heterocycles. The van der Waals surface area contributed by atoms with E-state index in [0.29, 0.717) is 38.0 Å². The predicted octanol–water partition coefficient (Wildman–Crippen LogP) is 7.16. The summed E-state index contributed by atoms with van der Waals surface area (Å²) < 4.78 is 7.73. The van der Waals surface area contributed by atoms with Gasteiger partial charge < -0.3 is 10.0 Å². The van der Waals surface area contributed by atoms with Gasteiger partial charge in [0.25, 0.3) is 0 Å². The number of carbonyl (C=O) groups is 2. The third-order valence-corrected chi connectivity index (χ3v) is 12.9. The molecule has 6 rings (SSSR count). The van der Waals surface area contributed by atoms with Crippen molar-refractivity contribution in [1.82, 2.24) is 9.97 Å². The SMILES string of the molecule is Cc1ccc(B(O)O)cc1.[C-]#[N+]c1cc(-c2nc(C)c(C(=O)O)[se]2)ccc1-c1ccc(C)cc1.[C-]#[N+]c1cc(-c2nc(C)c(C(=O)OCC)[se]2)ccc1C. The molecule has 0 bridgehead atoms. The molecule has 6 aromatic rings. The van der Waals surface area contributed by atoms with Gasteiger partial charge in [0.1, 0.15) is 0 Å². The van der Waals surface area contributed by atoms with Crippen LogP contribution in [0.4, 0.5) is 11.4 Å². The Morgan fingerprint density at radius 3 is 1.69 bits per heavy atom. The minimum absolute atomic E-state index is 0.162. The number of benzene rings is 4. The molecule has 0 aliphatic carbocycles. The van der Waals surface area contributed by atoms with Gasteiger partial charge in [-0.25, -0.2) is 0 Å². The molecular formula is C41H37BN4O6Se2. The van der Waals surface area contributed by atoms with E-state index < -0.39 is 13.1 Å². The molecule has 272 valence electrons. The van der Waals surface area contributed by atoms with Crippen molar-refractivity contribution >= 4 is 64.9 Å². The van der Waals surface area contributed by atoms with Gasteiger partial charge in [-0.15, -0.1) is 0 Å². The molecule has 0 radical (unpaired) electrons.